The van der Waals surface area contributed by atoms with Crippen LogP contribution in [0.2, 0.25) is 0 Å². The third-order valence-corrected chi connectivity index (χ3v) is 6.56. The molecule has 0 heterocycles. The fraction of sp³-hybridized carbons (Fsp3) is 0.194. The van der Waals surface area contributed by atoms with Crippen molar-refractivity contribution in [3.8, 4) is 6.07 Å². The monoisotopic (exact) mass is 506 g/mol. The molecule has 4 rings (SSSR count). The minimum atomic E-state index is -0.507. The van der Waals surface area contributed by atoms with E-state index in [1.54, 1.807) is 18.5 Å². The molecule has 0 radical (unpaired) electrons. The first-order valence-corrected chi connectivity index (χ1v) is 12.5. The van der Waals surface area contributed by atoms with Crippen LogP contribution in [0.15, 0.2) is 94.8 Å². The highest BCUT2D eigenvalue weighted by atomic mass is 19.1. The molecule has 0 unspecified atom stereocenters. The summed E-state index contributed by atoms with van der Waals surface area (Å²) in [6.45, 7) is 0.930. The van der Waals surface area contributed by atoms with Crippen molar-refractivity contribution in [2.75, 3.05) is 0 Å². The highest BCUT2D eigenvalue weighted by Crippen LogP contribution is 2.30. The van der Waals surface area contributed by atoms with Crippen LogP contribution < -0.4 is 16.8 Å². The second-order valence-corrected chi connectivity index (χ2v) is 9.31. The van der Waals surface area contributed by atoms with Crippen LogP contribution in [0.25, 0.3) is 0 Å². The molecule has 0 atom stereocenters. The van der Waals surface area contributed by atoms with Crippen molar-refractivity contribution >= 4 is 12.1 Å². The quantitative estimate of drug-likeness (QED) is 0.222. The van der Waals surface area contributed by atoms with Gasteiger partial charge >= 0.3 is 0 Å². The van der Waals surface area contributed by atoms with Crippen LogP contribution in [0.5, 0.6) is 0 Å². The van der Waals surface area contributed by atoms with Gasteiger partial charge in [-0.2, -0.15) is 5.26 Å². The Morgan fingerprint density at radius 2 is 1.76 bits per heavy atom. The van der Waals surface area contributed by atoms with Crippen molar-refractivity contribution in [2.45, 2.75) is 38.8 Å². The lowest BCUT2D eigenvalue weighted by molar-refractivity contribution is 0.617. The highest BCUT2D eigenvalue weighted by molar-refractivity contribution is 5.95. The van der Waals surface area contributed by atoms with E-state index in [0.29, 0.717) is 18.7 Å². The molecule has 6 N–H and O–H groups in total. The maximum absolute atomic E-state index is 14.3. The van der Waals surface area contributed by atoms with Gasteiger partial charge in [0.25, 0.3) is 0 Å². The number of allylic oxidation sites excluding steroid dienone is 2. The number of nitrogens with two attached hydrogens (primary N) is 2. The van der Waals surface area contributed by atoms with Crippen LogP contribution in [0.3, 0.4) is 0 Å². The Balaban J connectivity index is 1.38. The molecule has 0 amide bonds. The number of halogens is 1. The lowest BCUT2D eigenvalue weighted by Crippen LogP contribution is -2.21. The molecule has 0 saturated heterocycles. The molecule has 1 saturated carbocycles. The predicted molar refractivity (Wildman–Crippen MR) is 150 cm³/mol. The Morgan fingerprint density at radius 3 is 2.39 bits per heavy atom. The van der Waals surface area contributed by atoms with Crippen LogP contribution >= 0.6 is 0 Å². The first-order valence-electron chi connectivity index (χ1n) is 12.5. The number of rotatable bonds is 10. The smallest absolute Gasteiger partial charge is 0.134 e. The minimum Gasteiger partial charge on any atom is -0.404 e. The second kappa shape index (κ2) is 12.5. The third-order valence-electron chi connectivity index (χ3n) is 6.56. The van der Waals surface area contributed by atoms with E-state index < -0.39 is 5.82 Å². The summed E-state index contributed by atoms with van der Waals surface area (Å²) in [5.74, 6) is -0.795. The van der Waals surface area contributed by atoms with Gasteiger partial charge in [0.05, 0.1) is 23.7 Å². The van der Waals surface area contributed by atoms with Gasteiger partial charge in [0.1, 0.15) is 11.7 Å². The molecule has 0 bridgehead atoms. The summed E-state index contributed by atoms with van der Waals surface area (Å²) in [5.41, 5.74) is 19.3. The van der Waals surface area contributed by atoms with Crippen LogP contribution in [-0.2, 0) is 19.5 Å². The van der Waals surface area contributed by atoms with E-state index >= 15 is 0 Å². The molecule has 38 heavy (non-hydrogen) atoms. The van der Waals surface area contributed by atoms with Gasteiger partial charge in [-0.05, 0) is 77.8 Å². The Hall–Kier alpha value is -4.70. The number of nitrogens with zero attached hydrogens (tertiary/aromatic N) is 2. The summed E-state index contributed by atoms with van der Waals surface area (Å²) in [7, 11) is 0. The van der Waals surface area contributed by atoms with E-state index in [1.165, 1.54) is 23.3 Å². The summed E-state index contributed by atoms with van der Waals surface area (Å²) in [5, 5.41) is 20.0. The standard InChI is InChI=1S/C31H31FN6/c32-29-15-25(11-12-28(29)31(35)36)19-38-30(26-5-2-6-26)27(17-34)20-37-18-22-9-7-21(8-10-22)13-23-3-1-4-24(14-23)16-33/h1,3-4,7-12,14-15,17,20,38H,2,5-6,13,18-19,34H2,(H3,35,36)/b27-17+,37-20?. The lowest BCUT2D eigenvalue weighted by atomic mass is 9.88. The molecule has 1 fully saturated rings. The number of nitrogens with one attached hydrogen (secondary N) is 2. The van der Waals surface area contributed by atoms with Gasteiger partial charge in [-0.15, -0.1) is 0 Å². The molecular weight excluding hydrogens is 475 g/mol. The Bertz CT molecular complexity index is 1440. The zero-order valence-electron chi connectivity index (χ0n) is 21.2. The van der Waals surface area contributed by atoms with Crippen molar-refractivity contribution < 1.29 is 4.39 Å². The third kappa shape index (κ3) is 6.74. The molecule has 192 valence electrons. The highest BCUT2D eigenvalue weighted by Gasteiger charge is 2.17. The van der Waals surface area contributed by atoms with E-state index in [9.17, 15) is 4.39 Å². The normalized spacial score (nSPS) is 13.2. The van der Waals surface area contributed by atoms with Gasteiger partial charge in [0.2, 0.25) is 0 Å². The fourth-order valence-corrected chi connectivity index (χ4v) is 4.30. The molecule has 0 aliphatic heterocycles. The minimum absolute atomic E-state index is 0.0993. The van der Waals surface area contributed by atoms with E-state index in [1.807, 2.05) is 24.3 Å². The van der Waals surface area contributed by atoms with Gasteiger partial charge in [-0.1, -0.05) is 42.5 Å². The average molecular weight is 507 g/mol. The van der Waals surface area contributed by atoms with E-state index in [-0.39, 0.29) is 11.4 Å². The van der Waals surface area contributed by atoms with Crippen molar-refractivity contribution in [2.24, 2.45) is 16.5 Å². The number of benzene rings is 3. The Morgan fingerprint density at radius 1 is 1.03 bits per heavy atom. The summed E-state index contributed by atoms with van der Waals surface area (Å²) in [6.07, 6.45) is 7.21. The second-order valence-electron chi connectivity index (χ2n) is 9.31. The Kier molecular flexibility index (Phi) is 8.68. The van der Waals surface area contributed by atoms with Gasteiger partial charge in [0.15, 0.2) is 0 Å². The number of hydrogen-bond acceptors (Lipinski definition) is 5. The summed E-state index contributed by atoms with van der Waals surface area (Å²) in [4.78, 5) is 4.63. The zero-order valence-corrected chi connectivity index (χ0v) is 21.2. The molecular formula is C31H31FN6. The molecule has 0 spiro atoms. The van der Waals surface area contributed by atoms with E-state index in [0.717, 1.165) is 53.6 Å². The maximum atomic E-state index is 14.3. The average Bonchev–Trinajstić information content (AvgIpc) is 2.89. The molecule has 0 aromatic heterocycles. The number of nitrogen functional groups attached to an aromatic ring is 1. The van der Waals surface area contributed by atoms with Crippen LogP contribution in [0.4, 0.5) is 4.39 Å². The molecule has 6 nitrogen and oxygen atoms in total. The molecule has 3 aromatic rings. The van der Waals surface area contributed by atoms with Crippen LogP contribution in [0, 0.1) is 22.6 Å². The number of hydrogen-bond donors (Lipinski definition) is 4. The first-order chi connectivity index (χ1) is 18.5. The van der Waals surface area contributed by atoms with Crippen LogP contribution in [-0.4, -0.2) is 12.1 Å². The lowest BCUT2D eigenvalue weighted by Gasteiger charge is -2.24. The molecule has 1 aliphatic rings. The summed E-state index contributed by atoms with van der Waals surface area (Å²) >= 11 is 0. The number of aliphatic imine (C=N–C) groups is 1. The number of amidine groups is 1. The Labute approximate surface area is 222 Å². The SMILES string of the molecule is N#Cc1cccc(Cc2ccc(CN=C/C(=C\N)C(NCc3ccc(C(=N)N)c(F)c3)=C3CCC3)cc2)c1. The number of nitriles is 1. The zero-order chi connectivity index (χ0) is 26.9. The maximum Gasteiger partial charge on any atom is 0.134 e. The largest absolute Gasteiger partial charge is 0.404 e. The summed E-state index contributed by atoms with van der Waals surface area (Å²) in [6, 6.07) is 22.8. The van der Waals surface area contributed by atoms with E-state index in [4.69, 9.17) is 22.1 Å². The molecule has 1 aliphatic carbocycles. The summed E-state index contributed by atoms with van der Waals surface area (Å²) < 4.78 is 14.3. The van der Waals surface area contributed by atoms with Crippen molar-refractivity contribution in [1.82, 2.24) is 5.32 Å². The van der Waals surface area contributed by atoms with Crippen molar-refractivity contribution in [1.29, 1.82) is 10.7 Å². The van der Waals surface area contributed by atoms with Crippen LogP contribution in [0.1, 0.15) is 52.6 Å². The van der Waals surface area contributed by atoms with Gasteiger partial charge < -0.3 is 16.8 Å². The van der Waals surface area contributed by atoms with E-state index in [2.05, 4.69) is 40.6 Å². The fourth-order valence-electron chi connectivity index (χ4n) is 4.30. The predicted octanol–water partition coefficient (Wildman–Crippen LogP) is 5.21. The molecule has 7 heteroatoms. The van der Waals surface area contributed by atoms with Crippen molar-refractivity contribution in [3.63, 3.8) is 0 Å². The van der Waals surface area contributed by atoms with Crippen molar-refractivity contribution in [3.05, 3.63) is 129 Å². The topological polar surface area (TPSA) is 124 Å². The first kappa shape index (κ1) is 26.4. The van der Waals surface area contributed by atoms with Gasteiger partial charge in [0, 0.05) is 30.2 Å². The molecule has 3 aromatic carbocycles. The van der Waals surface area contributed by atoms with Gasteiger partial charge in [-0.3, -0.25) is 10.4 Å². The van der Waals surface area contributed by atoms with Gasteiger partial charge in [-0.25, -0.2) is 4.39 Å².